The van der Waals surface area contributed by atoms with Gasteiger partial charge in [-0.25, -0.2) is 4.39 Å². The summed E-state index contributed by atoms with van der Waals surface area (Å²) in [6.07, 6.45) is 0. The molecule has 0 unspecified atom stereocenters. The molecule has 0 heterocycles. The van der Waals surface area contributed by atoms with Crippen LogP contribution in [0.25, 0.3) is 0 Å². The monoisotopic (exact) mass is 204 g/mol. The van der Waals surface area contributed by atoms with Gasteiger partial charge in [0, 0.05) is 5.56 Å². The van der Waals surface area contributed by atoms with Crippen LogP contribution in [0.1, 0.15) is 5.56 Å². The van der Waals surface area contributed by atoms with Crippen molar-refractivity contribution in [2.75, 3.05) is 5.73 Å². The van der Waals surface area contributed by atoms with E-state index in [0.717, 1.165) is 6.07 Å². The van der Waals surface area contributed by atoms with E-state index in [2.05, 4.69) is 0 Å². The second kappa shape index (κ2) is 3.18. The number of rotatable bonds is 1. The van der Waals surface area contributed by atoms with Crippen molar-refractivity contribution in [1.29, 1.82) is 0 Å². The predicted molar refractivity (Wildman–Crippen MR) is 47.2 cm³/mol. The van der Waals surface area contributed by atoms with Crippen molar-refractivity contribution in [3.8, 4) is 0 Å². The van der Waals surface area contributed by atoms with Gasteiger partial charge in [0.05, 0.1) is 9.95 Å². The maximum Gasteiger partial charge on any atom is 0.299 e. The first kappa shape index (κ1) is 9.73. The highest BCUT2D eigenvalue weighted by atomic mass is 35.5. The Balaban J connectivity index is 3.56. The minimum atomic E-state index is -0.873. The topological polar surface area (TPSA) is 69.2 Å². The van der Waals surface area contributed by atoms with E-state index in [4.69, 9.17) is 17.3 Å². The van der Waals surface area contributed by atoms with Crippen LogP contribution in [0.5, 0.6) is 0 Å². The van der Waals surface area contributed by atoms with E-state index in [0.29, 0.717) is 0 Å². The third kappa shape index (κ3) is 1.55. The van der Waals surface area contributed by atoms with Crippen LogP contribution in [0.2, 0.25) is 5.02 Å². The summed E-state index contributed by atoms with van der Waals surface area (Å²) >= 11 is 5.54. The van der Waals surface area contributed by atoms with Crippen LogP contribution in [0, 0.1) is 22.9 Å². The van der Waals surface area contributed by atoms with Crippen molar-refractivity contribution in [2.45, 2.75) is 6.92 Å². The quantitative estimate of drug-likeness (QED) is 0.433. The van der Waals surface area contributed by atoms with Crippen LogP contribution in [-0.4, -0.2) is 4.92 Å². The lowest BCUT2D eigenvalue weighted by atomic mass is 10.1. The molecule has 0 aliphatic carbocycles. The van der Waals surface area contributed by atoms with Crippen LogP contribution >= 0.6 is 11.6 Å². The van der Waals surface area contributed by atoms with Crippen molar-refractivity contribution in [3.63, 3.8) is 0 Å². The first-order valence-electron chi connectivity index (χ1n) is 3.33. The molecule has 0 aromatic heterocycles. The summed E-state index contributed by atoms with van der Waals surface area (Å²) in [6.45, 7) is 1.41. The van der Waals surface area contributed by atoms with Crippen LogP contribution < -0.4 is 5.73 Å². The number of hydrogen-bond acceptors (Lipinski definition) is 3. The Labute approximate surface area is 78.3 Å². The molecule has 0 bridgehead atoms. The highest BCUT2D eigenvalue weighted by Crippen LogP contribution is 2.33. The van der Waals surface area contributed by atoms with Crippen molar-refractivity contribution in [3.05, 3.63) is 32.6 Å². The molecule has 0 amide bonds. The minimum Gasteiger partial charge on any atom is -0.391 e. The number of hydrogen-bond donors (Lipinski definition) is 1. The zero-order valence-electron chi connectivity index (χ0n) is 6.67. The van der Waals surface area contributed by atoms with Gasteiger partial charge in [0.2, 0.25) is 0 Å². The number of nitro benzene ring substituents is 1. The molecule has 2 N–H and O–H groups in total. The largest absolute Gasteiger partial charge is 0.391 e. The third-order valence-corrected chi connectivity index (χ3v) is 2.05. The fourth-order valence-electron chi connectivity index (χ4n) is 0.961. The van der Waals surface area contributed by atoms with Gasteiger partial charge in [-0.05, 0) is 13.0 Å². The summed E-state index contributed by atoms with van der Waals surface area (Å²) < 4.78 is 12.9. The molecule has 0 fully saturated rings. The molecule has 4 nitrogen and oxygen atoms in total. The number of nitrogens with two attached hydrogens (primary N) is 1. The van der Waals surface area contributed by atoms with E-state index in [9.17, 15) is 14.5 Å². The number of anilines is 1. The SMILES string of the molecule is Cc1c(Cl)cc(F)c(N)c1[N+](=O)[O-]. The summed E-state index contributed by atoms with van der Waals surface area (Å²) in [5, 5.41) is 10.4. The van der Waals surface area contributed by atoms with E-state index in [-0.39, 0.29) is 10.6 Å². The Morgan fingerprint density at radius 2 is 2.23 bits per heavy atom. The molecule has 13 heavy (non-hydrogen) atoms. The molecule has 70 valence electrons. The third-order valence-electron chi connectivity index (χ3n) is 1.66. The second-order valence-corrected chi connectivity index (χ2v) is 2.89. The van der Waals surface area contributed by atoms with Crippen molar-refractivity contribution >= 4 is 23.0 Å². The number of nitrogen functional groups attached to an aromatic ring is 1. The molecule has 0 aliphatic rings. The zero-order valence-corrected chi connectivity index (χ0v) is 7.43. The van der Waals surface area contributed by atoms with Gasteiger partial charge in [0.15, 0.2) is 5.82 Å². The number of halogens is 2. The Morgan fingerprint density at radius 3 is 2.69 bits per heavy atom. The maximum atomic E-state index is 12.9. The van der Waals surface area contributed by atoms with E-state index in [1.807, 2.05) is 0 Å². The van der Waals surface area contributed by atoms with Gasteiger partial charge in [-0.1, -0.05) is 11.6 Å². The summed E-state index contributed by atoms with van der Waals surface area (Å²) in [5.74, 6) is -0.873. The average molecular weight is 205 g/mol. The normalized spacial score (nSPS) is 10.1. The second-order valence-electron chi connectivity index (χ2n) is 2.48. The first-order chi connectivity index (χ1) is 5.95. The van der Waals surface area contributed by atoms with E-state index in [1.165, 1.54) is 6.92 Å². The van der Waals surface area contributed by atoms with Crippen molar-refractivity contribution in [1.82, 2.24) is 0 Å². The summed E-state index contributed by atoms with van der Waals surface area (Å²) in [7, 11) is 0. The highest BCUT2D eigenvalue weighted by Gasteiger charge is 2.21. The molecule has 6 heteroatoms. The number of nitro groups is 1. The Morgan fingerprint density at radius 1 is 1.69 bits per heavy atom. The standard InChI is InChI=1S/C7H6ClFN2O2/c1-3-4(8)2-5(9)6(10)7(3)11(12)13/h2H,10H2,1H3. The Bertz CT molecular complexity index is 355. The zero-order chi connectivity index (χ0) is 10.2. The van der Waals surface area contributed by atoms with E-state index < -0.39 is 22.1 Å². The van der Waals surface area contributed by atoms with E-state index in [1.54, 1.807) is 0 Å². The Hall–Kier alpha value is -1.36. The molecule has 0 radical (unpaired) electrons. The lowest BCUT2D eigenvalue weighted by Crippen LogP contribution is -2.01. The van der Waals surface area contributed by atoms with Gasteiger partial charge < -0.3 is 5.73 Å². The summed E-state index contributed by atoms with van der Waals surface area (Å²) in [5.41, 5.74) is 4.40. The lowest BCUT2D eigenvalue weighted by molar-refractivity contribution is -0.384. The molecular weight excluding hydrogens is 199 g/mol. The molecular formula is C7H6ClFN2O2. The summed E-state index contributed by atoms with van der Waals surface area (Å²) in [6, 6.07) is 0.958. The molecule has 0 saturated carbocycles. The van der Waals surface area contributed by atoms with Gasteiger partial charge in [-0.2, -0.15) is 0 Å². The van der Waals surface area contributed by atoms with Crippen LogP contribution in [-0.2, 0) is 0 Å². The van der Waals surface area contributed by atoms with Crippen LogP contribution in [0.4, 0.5) is 15.8 Å². The van der Waals surface area contributed by atoms with Gasteiger partial charge in [-0.3, -0.25) is 10.1 Å². The average Bonchev–Trinajstić information content (AvgIpc) is 2.01. The first-order valence-corrected chi connectivity index (χ1v) is 3.71. The Kier molecular flexibility index (Phi) is 2.38. The molecule has 1 rings (SSSR count). The van der Waals surface area contributed by atoms with Crippen LogP contribution in [0.15, 0.2) is 6.07 Å². The summed E-state index contributed by atoms with van der Waals surface area (Å²) in [4.78, 5) is 9.70. The molecule has 0 saturated heterocycles. The fourth-order valence-corrected chi connectivity index (χ4v) is 1.15. The number of nitrogens with zero attached hydrogens (tertiary/aromatic N) is 1. The van der Waals surface area contributed by atoms with Gasteiger partial charge in [0.25, 0.3) is 5.69 Å². The van der Waals surface area contributed by atoms with Gasteiger partial charge >= 0.3 is 0 Å². The van der Waals surface area contributed by atoms with Gasteiger partial charge in [-0.15, -0.1) is 0 Å². The van der Waals surface area contributed by atoms with Crippen LogP contribution in [0.3, 0.4) is 0 Å². The lowest BCUT2D eigenvalue weighted by Gasteiger charge is -2.03. The van der Waals surface area contributed by atoms with Crippen molar-refractivity contribution < 1.29 is 9.31 Å². The smallest absolute Gasteiger partial charge is 0.299 e. The number of benzene rings is 1. The van der Waals surface area contributed by atoms with Crippen molar-refractivity contribution in [2.24, 2.45) is 0 Å². The molecule has 0 atom stereocenters. The molecule has 0 spiro atoms. The molecule has 1 aromatic rings. The highest BCUT2D eigenvalue weighted by molar-refractivity contribution is 6.31. The van der Waals surface area contributed by atoms with E-state index >= 15 is 0 Å². The molecule has 0 aliphatic heterocycles. The van der Waals surface area contributed by atoms with Gasteiger partial charge in [0.1, 0.15) is 5.69 Å². The molecule has 1 aromatic carbocycles. The predicted octanol–water partition coefficient (Wildman–Crippen LogP) is 2.28. The fraction of sp³-hybridized carbons (Fsp3) is 0.143. The maximum absolute atomic E-state index is 12.9. The minimum absolute atomic E-state index is 0.00148.